The smallest absolute Gasteiger partial charge is 0.305 e. The molecule has 2 N–H and O–H groups in total. The molecular formula is C11H20N2O3. The average molecular weight is 228 g/mol. The molecule has 0 spiro atoms. The Morgan fingerprint density at radius 1 is 1.44 bits per heavy atom. The third-order valence-corrected chi connectivity index (χ3v) is 2.63. The van der Waals surface area contributed by atoms with Crippen LogP contribution in [0.3, 0.4) is 0 Å². The first-order valence-corrected chi connectivity index (χ1v) is 5.75. The first kappa shape index (κ1) is 13.0. The van der Waals surface area contributed by atoms with Gasteiger partial charge >= 0.3 is 5.97 Å². The number of hydrogen-bond acceptors (Lipinski definition) is 3. The van der Waals surface area contributed by atoms with Crippen LogP contribution in [0.4, 0.5) is 0 Å². The van der Waals surface area contributed by atoms with Crippen LogP contribution >= 0.6 is 0 Å². The number of carbonyl (C=O) groups is 2. The highest BCUT2D eigenvalue weighted by atomic mass is 16.4. The number of aliphatic carboxylic acids is 1. The van der Waals surface area contributed by atoms with E-state index in [9.17, 15) is 9.59 Å². The number of hydrogen-bond donors (Lipinski definition) is 2. The lowest BCUT2D eigenvalue weighted by Gasteiger charge is -2.26. The van der Waals surface area contributed by atoms with E-state index < -0.39 is 5.97 Å². The molecule has 0 aromatic heterocycles. The zero-order valence-electron chi connectivity index (χ0n) is 9.90. The van der Waals surface area contributed by atoms with Crippen molar-refractivity contribution in [3.05, 3.63) is 0 Å². The SMILES string of the molecule is CC(C)N(CCC(=O)O)C(=O)CNC1CC1. The van der Waals surface area contributed by atoms with Gasteiger partial charge in [-0.1, -0.05) is 0 Å². The summed E-state index contributed by atoms with van der Waals surface area (Å²) in [6.07, 6.45) is 2.29. The molecule has 1 aliphatic rings. The number of nitrogens with zero attached hydrogens (tertiary/aromatic N) is 1. The first-order chi connectivity index (χ1) is 7.50. The van der Waals surface area contributed by atoms with Gasteiger partial charge in [0.1, 0.15) is 0 Å². The van der Waals surface area contributed by atoms with E-state index in [1.54, 1.807) is 4.90 Å². The molecule has 0 aliphatic heterocycles. The first-order valence-electron chi connectivity index (χ1n) is 5.75. The number of amides is 1. The second-order valence-corrected chi connectivity index (χ2v) is 4.48. The summed E-state index contributed by atoms with van der Waals surface area (Å²) in [5.74, 6) is -0.878. The van der Waals surface area contributed by atoms with Crippen molar-refractivity contribution in [1.82, 2.24) is 10.2 Å². The maximum atomic E-state index is 11.8. The highest BCUT2D eigenvalue weighted by Gasteiger charge is 2.23. The summed E-state index contributed by atoms with van der Waals surface area (Å²) in [4.78, 5) is 23.9. The van der Waals surface area contributed by atoms with Gasteiger partial charge in [0, 0.05) is 18.6 Å². The summed E-state index contributed by atoms with van der Waals surface area (Å²) in [7, 11) is 0. The van der Waals surface area contributed by atoms with Gasteiger partial charge in [-0.25, -0.2) is 0 Å². The minimum absolute atomic E-state index is 0.00729. The Kier molecular flexibility index (Phi) is 4.73. The van der Waals surface area contributed by atoms with Crippen LogP contribution in [-0.2, 0) is 9.59 Å². The molecule has 1 amide bonds. The largest absolute Gasteiger partial charge is 0.481 e. The van der Waals surface area contributed by atoms with Gasteiger partial charge in [-0.15, -0.1) is 0 Å². The highest BCUT2D eigenvalue weighted by molar-refractivity contribution is 5.79. The predicted molar refractivity (Wildman–Crippen MR) is 60.1 cm³/mol. The summed E-state index contributed by atoms with van der Waals surface area (Å²) in [5.41, 5.74) is 0. The molecule has 0 atom stereocenters. The van der Waals surface area contributed by atoms with E-state index in [1.165, 1.54) is 0 Å². The lowest BCUT2D eigenvalue weighted by atomic mass is 10.2. The topological polar surface area (TPSA) is 69.6 Å². The Hall–Kier alpha value is -1.10. The van der Waals surface area contributed by atoms with Crippen molar-refractivity contribution in [2.45, 2.75) is 45.2 Å². The van der Waals surface area contributed by atoms with Crippen molar-refractivity contribution in [3.8, 4) is 0 Å². The zero-order valence-corrected chi connectivity index (χ0v) is 9.90. The molecule has 0 bridgehead atoms. The molecule has 5 heteroatoms. The average Bonchev–Trinajstić information content (AvgIpc) is 2.97. The predicted octanol–water partition coefficient (Wildman–Crippen LogP) is 0.450. The van der Waals surface area contributed by atoms with Gasteiger partial charge in [-0.2, -0.15) is 0 Å². The van der Waals surface area contributed by atoms with E-state index in [0.29, 0.717) is 12.6 Å². The van der Waals surface area contributed by atoms with Crippen LogP contribution in [-0.4, -0.2) is 47.1 Å². The molecule has 1 fully saturated rings. The lowest BCUT2D eigenvalue weighted by Crippen LogP contribution is -2.43. The van der Waals surface area contributed by atoms with Crippen LogP contribution in [0.2, 0.25) is 0 Å². The second-order valence-electron chi connectivity index (χ2n) is 4.48. The molecule has 1 aliphatic carbocycles. The zero-order chi connectivity index (χ0) is 12.1. The Morgan fingerprint density at radius 3 is 2.50 bits per heavy atom. The van der Waals surface area contributed by atoms with Crippen LogP contribution in [0.25, 0.3) is 0 Å². The Labute approximate surface area is 95.8 Å². The summed E-state index contributed by atoms with van der Waals surface area (Å²) in [5, 5.41) is 11.7. The Bertz CT molecular complexity index is 262. The quantitative estimate of drug-likeness (QED) is 0.664. The summed E-state index contributed by atoms with van der Waals surface area (Å²) in [6, 6.07) is 0.547. The number of carboxylic acids is 1. The van der Waals surface area contributed by atoms with Crippen molar-refractivity contribution in [3.63, 3.8) is 0 Å². The molecule has 92 valence electrons. The van der Waals surface area contributed by atoms with Crippen LogP contribution in [0.1, 0.15) is 33.1 Å². The second kappa shape index (κ2) is 5.84. The van der Waals surface area contributed by atoms with E-state index in [-0.39, 0.29) is 24.9 Å². The molecule has 5 nitrogen and oxygen atoms in total. The van der Waals surface area contributed by atoms with Crippen molar-refractivity contribution in [2.75, 3.05) is 13.1 Å². The van der Waals surface area contributed by atoms with E-state index in [2.05, 4.69) is 5.32 Å². The molecule has 0 aromatic carbocycles. The highest BCUT2D eigenvalue weighted by Crippen LogP contribution is 2.18. The van der Waals surface area contributed by atoms with Crippen molar-refractivity contribution in [1.29, 1.82) is 0 Å². The van der Waals surface area contributed by atoms with Crippen LogP contribution in [0, 0.1) is 0 Å². The molecule has 0 radical (unpaired) electrons. The van der Waals surface area contributed by atoms with Crippen molar-refractivity contribution >= 4 is 11.9 Å². The van der Waals surface area contributed by atoms with E-state index in [1.807, 2.05) is 13.8 Å². The van der Waals surface area contributed by atoms with Gasteiger partial charge < -0.3 is 15.3 Å². The van der Waals surface area contributed by atoms with E-state index in [4.69, 9.17) is 5.11 Å². The fraction of sp³-hybridized carbons (Fsp3) is 0.818. The molecular weight excluding hydrogens is 208 g/mol. The summed E-state index contributed by atoms with van der Waals surface area (Å²) in [6.45, 7) is 4.41. The summed E-state index contributed by atoms with van der Waals surface area (Å²) < 4.78 is 0. The third-order valence-electron chi connectivity index (χ3n) is 2.63. The minimum atomic E-state index is -0.867. The monoisotopic (exact) mass is 228 g/mol. The molecule has 1 saturated carbocycles. The van der Waals surface area contributed by atoms with Gasteiger partial charge in [0.15, 0.2) is 0 Å². The maximum Gasteiger partial charge on any atom is 0.305 e. The molecule has 0 aromatic rings. The fourth-order valence-electron chi connectivity index (χ4n) is 1.51. The number of carbonyl (C=O) groups excluding carboxylic acids is 1. The lowest BCUT2D eigenvalue weighted by molar-refractivity contribution is -0.138. The maximum absolute atomic E-state index is 11.8. The van der Waals surface area contributed by atoms with Gasteiger partial charge in [0.2, 0.25) is 5.91 Å². The molecule has 1 rings (SSSR count). The molecule has 16 heavy (non-hydrogen) atoms. The van der Waals surface area contributed by atoms with Crippen molar-refractivity contribution in [2.24, 2.45) is 0 Å². The molecule has 0 unspecified atom stereocenters. The van der Waals surface area contributed by atoms with Crippen LogP contribution in [0.5, 0.6) is 0 Å². The normalized spacial score (nSPS) is 15.2. The molecule has 0 heterocycles. The van der Waals surface area contributed by atoms with Gasteiger partial charge in [-0.3, -0.25) is 9.59 Å². The standard InChI is InChI=1S/C11H20N2O3/c1-8(2)13(6-5-11(15)16)10(14)7-12-9-3-4-9/h8-9,12H,3-7H2,1-2H3,(H,15,16). The Morgan fingerprint density at radius 2 is 2.06 bits per heavy atom. The van der Waals surface area contributed by atoms with Gasteiger partial charge in [0.05, 0.1) is 13.0 Å². The fourth-order valence-corrected chi connectivity index (χ4v) is 1.51. The summed E-state index contributed by atoms with van der Waals surface area (Å²) >= 11 is 0. The van der Waals surface area contributed by atoms with Crippen LogP contribution in [0.15, 0.2) is 0 Å². The van der Waals surface area contributed by atoms with E-state index >= 15 is 0 Å². The van der Waals surface area contributed by atoms with Gasteiger partial charge in [0.25, 0.3) is 0 Å². The minimum Gasteiger partial charge on any atom is -0.481 e. The third kappa shape index (κ3) is 4.61. The van der Waals surface area contributed by atoms with Gasteiger partial charge in [-0.05, 0) is 26.7 Å². The van der Waals surface area contributed by atoms with Crippen molar-refractivity contribution < 1.29 is 14.7 Å². The number of rotatable bonds is 7. The number of nitrogens with one attached hydrogen (secondary N) is 1. The number of carboxylic acid groups (broad SMARTS) is 1. The Balaban J connectivity index is 2.34. The van der Waals surface area contributed by atoms with E-state index in [0.717, 1.165) is 12.8 Å². The van der Waals surface area contributed by atoms with Crippen LogP contribution < -0.4 is 5.32 Å². The molecule has 0 saturated heterocycles.